The molecule has 8 heteroatoms. The van der Waals surface area contributed by atoms with E-state index >= 15 is 0 Å². The number of carboxylic acids is 1. The Labute approximate surface area is 183 Å². The van der Waals surface area contributed by atoms with Crippen molar-refractivity contribution in [1.82, 2.24) is 10.6 Å². The van der Waals surface area contributed by atoms with Crippen LogP contribution in [0, 0.1) is 5.92 Å². The molecule has 0 saturated heterocycles. The normalized spacial score (nSPS) is 12.2. The number of hydrogen-bond donors (Lipinski definition) is 3. The first-order valence-corrected chi connectivity index (χ1v) is 9.97. The minimum Gasteiger partial charge on any atom is -0.497 e. The molecule has 2 amide bonds. The number of carboxylic acid groups (broad SMARTS) is 1. The molecule has 2 aromatic carbocycles. The quantitative estimate of drug-likeness (QED) is 0.508. The van der Waals surface area contributed by atoms with Gasteiger partial charge in [-0.2, -0.15) is 0 Å². The number of amides is 2. The highest BCUT2D eigenvalue weighted by atomic mass is 79.9. The number of methoxy groups -OCH3 is 1. The van der Waals surface area contributed by atoms with Gasteiger partial charge in [-0.25, -0.2) is 4.79 Å². The van der Waals surface area contributed by atoms with E-state index in [0.29, 0.717) is 16.9 Å². The van der Waals surface area contributed by atoms with Gasteiger partial charge in [-0.05, 0) is 54.0 Å². The Bertz CT molecular complexity index is 937. The second-order valence-corrected chi connectivity index (χ2v) is 7.74. The summed E-state index contributed by atoms with van der Waals surface area (Å²) in [4.78, 5) is 36.9. The molecule has 1 atom stereocenters. The minimum atomic E-state index is -1.15. The van der Waals surface area contributed by atoms with Crippen LogP contribution in [-0.2, 0) is 9.59 Å². The lowest BCUT2D eigenvalue weighted by molar-refractivity contribution is -0.142. The van der Waals surface area contributed by atoms with Gasteiger partial charge in [0.15, 0.2) is 0 Å². The summed E-state index contributed by atoms with van der Waals surface area (Å²) in [6.07, 6.45) is 1.48. The van der Waals surface area contributed by atoms with Crippen molar-refractivity contribution >= 4 is 39.8 Å². The Hall–Kier alpha value is -3.13. The number of benzene rings is 2. The van der Waals surface area contributed by atoms with Crippen molar-refractivity contribution in [1.29, 1.82) is 0 Å². The maximum atomic E-state index is 12.8. The van der Waals surface area contributed by atoms with E-state index in [4.69, 9.17) is 4.74 Å². The van der Waals surface area contributed by atoms with Crippen molar-refractivity contribution in [2.75, 3.05) is 7.11 Å². The topological polar surface area (TPSA) is 105 Å². The first-order valence-electron chi connectivity index (χ1n) is 9.17. The van der Waals surface area contributed by atoms with Crippen LogP contribution in [0.25, 0.3) is 6.08 Å². The van der Waals surface area contributed by atoms with Crippen LogP contribution in [0.15, 0.2) is 58.7 Å². The average Bonchev–Trinajstić information content (AvgIpc) is 2.71. The first-order chi connectivity index (χ1) is 14.2. The molecule has 0 bridgehead atoms. The van der Waals surface area contributed by atoms with E-state index < -0.39 is 23.8 Å². The van der Waals surface area contributed by atoms with Gasteiger partial charge >= 0.3 is 5.97 Å². The molecule has 0 saturated carbocycles. The van der Waals surface area contributed by atoms with Gasteiger partial charge in [0.2, 0.25) is 0 Å². The second kappa shape index (κ2) is 10.6. The average molecular weight is 475 g/mol. The molecule has 0 aliphatic rings. The van der Waals surface area contributed by atoms with Crippen molar-refractivity contribution in [2.24, 2.45) is 5.92 Å². The minimum absolute atomic E-state index is 0.0695. The monoisotopic (exact) mass is 474 g/mol. The predicted molar refractivity (Wildman–Crippen MR) is 117 cm³/mol. The van der Waals surface area contributed by atoms with Gasteiger partial charge in [0.25, 0.3) is 11.8 Å². The summed E-state index contributed by atoms with van der Waals surface area (Å²) in [5.41, 5.74) is 0.915. The molecule has 7 nitrogen and oxygen atoms in total. The summed E-state index contributed by atoms with van der Waals surface area (Å²) in [5, 5.41) is 14.4. The second-order valence-electron chi connectivity index (χ2n) is 6.83. The van der Waals surface area contributed by atoms with Gasteiger partial charge in [0.05, 0.1) is 7.11 Å². The lowest BCUT2D eigenvalue weighted by atomic mass is 10.0. The molecule has 0 aromatic heterocycles. The molecule has 2 rings (SSSR count). The Morgan fingerprint density at radius 1 is 1.03 bits per heavy atom. The largest absolute Gasteiger partial charge is 0.497 e. The zero-order valence-corrected chi connectivity index (χ0v) is 18.4. The fraction of sp³-hybridized carbons (Fsp3) is 0.227. The first kappa shape index (κ1) is 23.2. The van der Waals surface area contributed by atoms with E-state index in [1.165, 1.54) is 6.08 Å². The number of nitrogens with one attached hydrogen (secondary N) is 2. The number of hydrogen-bond acceptors (Lipinski definition) is 4. The molecule has 0 unspecified atom stereocenters. The predicted octanol–water partition coefficient (Wildman–Crippen LogP) is 3.45. The third kappa shape index (κ3) is 6.45. The summed E-state index contributed by atoms with van der Waals surface area (Å²) >= 11 is 3.31. The van der Waals surface area contributed by atoms with Crippen molar-refractivity contribution < 1.29 is 24.2 Å². The van der Waals surface area contributed by atoms with E-state index in [1.54, 1.807) is 69.5 Å². The van der Waals surface area contributed by atoms with Crippen molar-refractivity contribution in [3.05, 3.63) is 69.8 Å². The van der Waals surface area contributed by atoms with Crippen LogP contribution in [0.4, 0.5) is 0 Å². The molecule has 3 N–H and O–H groups in total. The Morgan fingerprint density at radius 2 is 1.63 bits per heavy atom. The molecule has 2 aromatic rings. The third-order valence-electron chi connectivity index (χ3n) is 4.25. The van der Waals surface area contributed by atoms with E-state index in [9.17, 15) is 19.5 Å². The highest BCUT2D eigenvalue weighted by Gasteiger charge is 2.25. The number of carbonyl (C=O) groups excluding carboxylic acids is 2. The van der Waals surface area contributed by atoms with Gasteiger partial charge in [0, 0.05) is 10.0 Å². The molecule has 0 radical (unpaired) electrons. The molecule has 30 heavy (non-hydrogen) atoms. The van der Waals surface area contributed by atoms with Crippen molar-refractivity contribution in [3.8, 4) is 5.75 Å². The van der Waals surface area contributed by atoms with Gasteiger partial charge in [-0.1, -0.05) is 41.9 Å². The highest BCUT2D eigenvalue weighted by Crippen LogP contribution is 2.15. The van der Waals surface area contributed by atoms with Crippen molar-refractivity contribution in [2.45, 2.75) is 19.9 Å². The molecule has 158 valence electrons. The maximum absolute atomic E-state index is 12.8. The van der Waals surface area contributed by atoms with Crippen molar-refractivity contribution in [3.63, 3.8) is 0 Å². The van der Waals surface area contributed by atoms with Crippen LogP contribution in [0.1, 0.15) is 29.8 Å². The zero-order valence-electron chi connectivity index (χ0n) is 16.8. The van der Waals surface area contributed by atoms with Gasteiger partial charge in [-0.15, -0.1) is 0 Å². The molecule has 0 heterocycles. The molecule has 0 aliphatic heterocycles. The molecule has 0 fully saturated rings. The number of aliphatic carboxylic acids is 1. The van der Waals surface area contributed by atoms with E-state index in [2.05, 4.69) is 26.6 Å². The summed E-state index contributed by atoms with van der Waals surface area (Å²) in [5.74, 6) is -2.04. The van der Waals surface area contributed by atoms with E-state index in [1.807, 2.05) is 0 Å². The standard InChI is InChI=1S/C22H23BrN2O5/c1-13(2)19(22(28)29)25-21(27)18(12-14-4-10-17(30-3)11-5-14)24-20(26)15-6-8-16(23)9-7-15/h4-13,19H,1-3H3,(H,24,26)(H,25,27)(H,28,29)/b18-12+/t19-/m0/s1. The van der Waals surface area contributed by atoms with Crippen LogP contribution in [-0.4, -0.2) is 36.0 Å². The Balaban J connectivity index is 2.33. The van der Waals surface area contributed by atoms with Crippen LogP contribution < -0.4 is 15.4 Å². The Kier molecular flexibility index (Phi) is 8.17. The zero-order chi connectivity index (χ0) is 22.3. The number of ether oxygens (including phenoxy) is 1. The van der Waals surface area contributed by atoms with Crippen LogP contribution in [0.2, 0.25) is 0 Å². The molecule has 0 spiro atoms. The molecular weight excluding hydrogens is 452 g/mol. The van der Waals surface area contributed by atoms with Gasteiger partial charge < -0.3 is 20.5 Å². The number of rotatable bonds is 8. The SMILES string of the molecule is COc1ccc(/C=C(/NC(=O)c2ccc(Br)cc2)C(=O)N[C@H](C(=O)O)C(C)C)cc1. The summed E-state index contributed by atoms with van der Waals surface area (Å²) in [6, 6.07) is 12.4. The molecular formula is C22H23BrN2O5. The van der Waals surface area contributed by atoms with Crippen LogP contribution >= 0.6 is 15.9 Å². The van der Waals surface area contributed by atoms with Crippen LogP contribution in [0.5, 0.6) is 5.75 Å². The third-order valence-corrected chi connectivity index (χ3v) is 4.77. The fourth-order valence-corrected chi connectivity index (χ4v) is 2.82. The highest BCUT2D eigenvalue weighted by molar-refractivity contribution is 9.10. The molecule has 0 aliphatic carbocycles. The van der Waals surface area contributed by atoms with E-state index in [0.717, 1.165) is 4.47 Å². The lowest BCUT2D eigenvalue weighted by Gasteiger charge is -2.19. The summed E-state index contributed by atoms with van der Waals surface area (Å²) in [7, 11) is 1.54. The smallest absolute Gasteiger partial charge is 0.326 e. The van der Waals surface area contributed by atoms with Gasteiger partial charge in [0.1, 0.15) is 17.5 Å². The summed E-state index contributed by atoms with van der Waals surface area (Å²) < 4.78 is 5.93. The number of halogens is 1. The maximum Gasteiger partial charge on any atom is 0.326 e. The van der Waals surface area contributed by atoms with Gasteiger partial charge in [-0.3, -0.25) is 9.59 Å². The van der Waals surface area contributed by atoms with Crippen LogP contribution in [0.3, 0.4) is 0 Å². The lowest BCUT2D eigenvalue weighted by Crippen LogP contribution is -2.47. The fourth-order valence-electron chi connectivity index (χ4n) is 2.55. The van der Waals surface area contributed by atoms with E-state index in [-0.39, 0.29) is 11.6 Å². The summed E-state index contributed by atoms with van der Waals surface area (Å²) in [6.45, 7) is 3.37. The Morgan fingerprint density at radius 3 is 2.13 bits per heavy atom. The number of carbonyl (C=O) groups is 3.